The molecular formula is C23H21ClFN5OS. The third kappa shape index (κ3) is 4.71. The van der Waals surface area contributed by atoms with E-state index in [0.717, 1.165) is 16.9 Å². The van der Waals surface area contributed by atoms with Gasteiger partial charge in [-0.25, -0.2) is 9.07 Å². The fourth-order valence-corrected chi connectivity index (χ4v) is 4.59. The average Bonchev–Trinajstić information content (AvgIpc) is 3.32. The van der Waals surface area contributed by atoms with Gasteiger partial charge in [0, 0.05) is 17.9 Å². The van der Waals surface area contributed by atoms with Crippen molar-refractivity contribution in [3.05, 3.63) is 95.3 Å². The van der Waals surface area contributed by atoms with Gasteiger partial charge < -0.3 is 4.74 Å². The van der Waals surface area contributed by atoms with E-state index >= 15 is 0 Å². The molecule has 0 amide bonds. The van der Waals surface area contributed by atoms with E-state index in [4.69, 9.17) is 16.3 Å². The number of ether oxygens (including phenoxy) is 1. The van der Waals surface area contributed by atoms with Gasteiger partial charge in [-0.1, -0.05) is 59.8 Å². The minimum absolute atomic E-state index is 0.0913. The van der Waals surface area contributed by atoms with Crippen LogP contribution in [0.1, 0.15) is 17.1 Å². The Hall–Kier alpha value is -3.10. The van der Waals surface area contributed by atoms with E-state index in [1.807, 2.05) is 41.8 Å². The molecule has 0 spiro atoms. The highest BCUT2D eigenvalue weighted by Gasteiger charge is 2.18. The van der Waals surface area contributed by atoms with Gasteiger partial charge >= 0.3 is 0 Å². The molecule has 2 aromatic heterocycles. The summed E-state index contributed by atoms with van der Waals surface area (Å²) >= 11 is 8.14. The fraction of sp³-hybridized carbons (Fsp3) is 0.174. The van der Waals surface area contributed by atoms with Crippen LogP contribution in [0.15, 0.2) is 72.4 Å². The lowest BCUT2D eigenvalue weighted by Gasteiger charge is -2.09. The van der Waals surface area contributed by atoms with Crippen LogP contribution in [0.2, 0.25) is 5.15 Å². The number of halogens is 2. The Morgan fingerprint density at radius 2 is 1.88 bits per heavy atom. The van der Waals surface area contributed by atoms with Gasteiger partial charge in [0.15, 0.2) is 22.5 Å². The van der Waals surface area contributed by atoms with E-state index in [9.17, 15) is 4.39 Å². The van der Waals surface area contributed by atoms with Gasteiger partial charge in [0.25, 0.3) is 0 Å². The van der Waals surface area contributed by atoms with Crippen LogP contribution in [0.5, 0.6) is 5.75 Å². The number of thioether (sulfide) groups is 1. The molecule has 2 aromatic carbocycles. The largest absolute Gasteiger partial charge is 0.483 e. The van der Waals surface area contributed by atoms with Crippen LogP contribution in [0.3, 0.4) is 0 Å². The Bertz CT molecular complexity index is 1220. The Morgan fingerprint density at radius 1 is 1.12 bits per heavy atom. The summed E-state index contributed by atoms with van der Waals surface area (Å²) in [6.45, 7) is 6.34. The zero-order chi connectivity index (χ0) is 22.5. The van der Waals surface area contributed by atoms with Crippen LogP contribution in [0, 0.1) is 12.7 Å². The van der Waals surface area contributed by atoms with E-state index in [-0.39, 0.29) is 12.4 Å². The molecule has 32 heavy (non-hydrogen) atoms. The Labute approximate surface area is 194 Å². The molecule has 0 aliphatic heterocycles. The molecule has 2 heterocycles. The van der Waals surface area contributed by atoms with E-state index in [2.05, 4.69) is 21.9 Å². The molecule has 0 fully saturated rings. The molecule has 0 atom stereocenters. The highest BCUT2D eigenvalue weighted by molar-refractivity contribution is 7.98. The number of allylic oxidation sites excluding steroid dienone is 1. The molecule has 0 N–H and O–H groups in total. The van der Waals surface area contributed by atoms with Crippen LogP contribution in [0.4, 0.5) is 4.39 Å². The molecule has 0 aliphatic carbocycles. The number of aromatic nitrogens is 5. The highest BCUT2D eigenvalue weighted by atomic mass is 35.5. The first-order chi connectivity index (χ1) is 15.6. The fourth-order valence-electron chi connectivity index (χ4n) is 3.12. The molecule has 0 unspecified atom stereocenters. The molecule has 0 saturated heterocycles. The van der Waals surface area contributed by atoms with Crippen molar-refractivity contribution in [2.45, 2.75) is 31.0 Å². The van der Waals surface area contributed by atoms with Crippen LogP contribution in [-0.4, -0.2) is 24.5 Å². The second-order valence-electron chi connectivity index (χ2n) is 6.91. The second-order valence-corrected chi connectivity index (χ2v) is 8.21. The van der Waals surface area contributed by atoms with Crippen molar-refractivity contribution < 1.29 is 9.13 Å². The van der Waals surface area contributed by atoms with Crippen molar-refractivity contribution in [2.24, 2.45) is 0 Å². The van der Waals surface area contributed by atoms with Gasteiger partial charge in [-0.2, -0.15) is 5.10 Å². The number of benzene rings is 2. The Balaban J connectivity index is 1.51. The summed E-state index contributed by atoms with van der Waals surface area (Å²) in [6.07, 6.45) is 1.76. The first-order valence-corrected chi connectivity index (χ1v) is 11.3. The normalized spacial score (nSPS) is 11.0. The topological polar surface area (TPSA) is 57.8 Å². The number of rotatable bonds is 9. The molecule has 9 heteroatoms. The zero-order valence-electron chi connectivity index (χ0n) is 17.4. The number of aryl methyl sites for hydroxylation is 1. The quantitative estimate of drug-likeness (QED) is 0.235. The molecule has 4 aromatic rings. The van der Waals surface area contributed by atoms with Crippen LogP contribution < -0.4 is 4.74 Å². The van der Waals surface area contributed by atoms with Crippen molar-refractivity contribution >= 4 is 23.4 Å². The summed E-state index contributed by atoms with van der Waals surface area (Å²) in [7, 11) is 0. The van der Waals surface area contributed by atoms with E-state index in [1.54, 1.807) is 29.0 Å². The van der Waals surface area contributed by atoms with E-state index in [1.165, 1.54) is 17.8 Å². The lowest BCUT2D eigenvalue weighted by atomic mass is 10.3. The van der Waals surface area contributed by atoms with Crippen molar-refractivity contribution in [1.82, 2.24) is 24.5 Å². The van der Waals surface area contributed by atoms with Gasteiger partial charge in [0.2, 0.25) is 0 Å². The summed E-state index contributed by atoms with van der Waals surface area (Å²) in [6, 6.07) is 16.0. The summed E-state index contributed by atoms with van der Waals surface area (Å²) < 4.78 is 23.1. The van der Waals surface area contributed by atoms with Gasteiger partial charge in [-0.3, -0.25) is 4.57 Å². The predicted molar refractivity (Wildman–Crippen MR) is 124 cm³/mol. The second kappa shape index (κ2) is 10.0. The first kappa shape index (κ1) is 22.1. The Kier molecular flexibility index (Phi) is 6.92. The average molecular weight is 470 g/mol. The van der Waals surface area contributed by atoms with Crippen molar-refractivity contribution in [1.29, 1.82) is 0 Å². The van der Waals surface area contributed by atoms with Crippen molar-refractivity contribution in [3.63, 3.8) is 0 Å². The molecule has 4 rings (SSSR count). The molecule has 0 saturated carbocycles. The lowest BCUT2D eigenvalue weighted by molar-refractivity contribution is 0.275. The predicted octanol–water partition coefficient (Wildman–Crippen LogP) is 5.62. The third-order valence-electron chi connectivity index (χ3n) is 4.77. The summed E-state index contributed by atoms with van der Waals surface area (Å²) in [5, 5.41) is 14.4. The standard InChI is InChI=1S/C23H21ClFN5OS/c1-3-13-29-21(14-31-20-12-8-7-11-19(20)25)26-27-23(29)32-15-18-16(2)28-30(22(18)24)17-9-5-4-6-10-17/h3-12H,1,13-15H2,2H3. The maximum atomic E-state index is 13.8. The molecule has 0 aliphatic rings. The summed E-state index contributed by atoms with van der Waals surface area (Å²) in [5.41, 5.74) is 2.68. The van der Waals surface area contributed by atoms with E-state index in [0.29, 0.717) is 28.4 Å². The van der Waals surface area contributed by atoms with Crippen LogP contribution in [0.25, 0.3) is 5.69 Å². The van der Waals surface area contributed by atoms with Crippen LogP contribution >= 0.6 is 23.4 Å². The maximum absolute atomic E-state index is 13.8. The van der Waals surface area contributed by atoms with Crippen molar-refractivity contribution in [2.75, 3.05) is 0 Å². The van der Waals surface area contributed by atoms with Gasteiger partial charge in [-0.05, 0) is 31.2 Å². The summed E-state index contributed by atoms with van der Waals surface area (Å²) in [4.78, 5) is 0. The molecule has 164 valence electrons. The number of nitrogens with zero attached hydrogens (tertiary/aromatic N) is 5. The number of hydrogen-bond donors (Lipinski definition) is 0. The monoisotopic (exact) mass is 469 g/mol. The molecule has 0 bridgehead atoms. The number of hydrogen-bond acceptors (Lipinski definition) is 5. The van der Waals surface area contributed by atoms with Crippen LogP contribution in [-0.2, 0) is 18.9 Å². The zero-order valence-corrected chi connectivity index (χ0v) is 19.0. The first-order valence-electron chi connectivity index (χ1n) is 9.91. The third-order valence-corrected chi connectivity index (χ3v) is 6.15. The highest BCUT2D eigenvalue weighted by Crippen LogP contribution is 2.30. The van der Waals surface area contributed by atoms with Gasteiger partial charge in [-0.15, -0.1) is 16.8 Å². The minimum atomic E-state index is -0.419. The minimum Gasteiger partial charge on any atom is -0.483 e. The SMILES string of the molecule is C=CCn1c(COc2ccccc2F)nnc1SCc1c(C)nn(-c2ccccc2)c1Cl. The van der Waals surface area contributed by atoms with E-state index < -0.39 is 5.82 Å². The summed E-state index contributed by atoms with van der Waals surface area (Å²) in [5.74, 6) is 0.905. The van der Waals surface area contributed by atoms with Gasteiger partial charge in [0.1, 0.15) is 11.8 Å². The number of para-hydroxylation sites is 2. The maximum Gasteiger partial charge on any atom is 0.191 e. The molecular weight excluding hydrogens is 449 g/mol. The lowest BCUT2D eigenvalue weighted by Crippen LogP contribution is -2.08. The Morgan fingerprint density at radius 3 is 2.62 bits per heavy atom. The smallest absolute Gasteiger partial charge is 0.191 e. The van der Waals surface area contributed by atoms with Crippen molar-refractivity contribution in [3.8, 4) is 11.4 Å². The molecule has 0 radical (unpaired) electrons. The molecule has 6 nitrogen and oxygen atoms in total. The van der Waals surface area contributed by atoms with Gasteiger partial charge in [0.05, 0.1) is 11.4 Å².